The quantitative estimate of drug-likeness (QED) is 0.714. The average molecular weight is 236 g/mol. The third-order valence-corrected chi connectivity index (χ3v) is 4.82. The second kappa shape index (κ2) is 6.04. The molecule has 0 aliphatic heterocycles. The Morgan fingerprint density at radius 3 is 2.12 bits per heavy atom. The molecule has 2 rings (SSSR count). The lowest BCUT2D eigenvalue weighted by atomic mass is 9.78. The van der Waals surface area contributed by atoms with Crippen molar-refractivity contribution in [2.75, 3.05) is 0 Å². The van der Waals surface area contributed by atoms with Crippen molar-refractivity contribution >= 4 is 0 Å². The summed E-state index contributed by atoms with van der Waals surface area (Å²) in [4.78, 5) is 0. The van der Waals surface area contributed by atoms with Crippen molar-refractivity contribution in [3.63, 3.8) is 0 Å². The Morgan fingerprint density at radius 1 is 0.824 bits per heavy atom. The number of aliphatic hydroxyl groups is 1. The van der Waals surface area contributed by atoms with Crippen LogP contribution in [-0.2, 0) is 0 Å². The van der Waals surface area contributed by atoms with Gasteiger partial charge in [-0.05, 0) is 49.9 Å². The van der Waals surface area contributed by atoms with Gasteiger partial charge in [0.05, 0.1) is 6.10 Å². The van der Waals surface area contributed by atoms with Gasteiger partial charge in [0.1, 0.15) is 0 Å². The molecule has 3 atom stereocenters. The van der Waals surface area contributed by atoms with Gasteiger partial charge in [-0.1, -0.05) is 38.8 Å². The van der Waals surface area contributed by atoms with Gasteiger partial charge in [0.25, 0.3) is 0 Å². The molecular weight excluding hydrogens is 208 g/mol. The fraction of sp³-hybridized carbons (Fsp3) is 0.875. The summed E-state index contributed by atoms with van der Waals surface area (Å²) in [6, 6.07) is 0. The fourth-order valence-electron chi connectivity index (χ4n) is 3.38. The van der Waals surface area contributed by atoms with E-state index in [0.29, 0.717) is 11.8 Å². The Balaban J connectivity index is 1.79. The minimum absolute atomic E-state index is 0.0856. The molecule has 98 valence electrons. The first-order valence-electron chi connectivity index (χ1n) is 7.51. The molecule has 0 aromatic heterocycles. The SMILES string of the molecule is CC1CCC(C=CC2CCC(C)CC2O)CC1. The van der Waals surface area contributed by atoms with Crippen molar-refractivity contribution in [3.05, 3.63) is 12.2 Å². The van der Waals surface area contributed by atoms with E-state index in [0.717, 1.165) is 18.3 Å². The molecule has 1 heteroatoms. The number of rotatable bonds is 2. The molecule has 0 aromatic carbocycles. The van der Waals surface area contributed by atoms with Crippen LogP contribution in [0.2, 0.25) is 0 Å². The molecule has 0 spiro atoms. The normalized spacial score (nSPS) is 44.1. The van der Waals surface area contributed by atoms with E-state index in [9.17, 15) is 5.11 Å². The van der Waals surface area contributed by atoms with E-state index in [1.54, 1.807) is 0 Å². The Bertz CT molecular complexity index is 250. The highest BCUT2D eigenvalue weighted by Gasteiger charge is 2.25. The van der Waals surface area contributed by atoms with E-state index in [4.69, 9.17) is 0 Å². The highest BCUT2D eigenvalue weighted by Crippen LogP contribution is 2.32. The summed E-state index contributed by atoms with van der Waals surface area (Å²) in [5, 5.41) is 10.1. The van der Waals surface area contributed by atoms with E-state index in [-0.39, 0.29) is 6.10 Å². The predicted molar refractivity (Wildman–Crippen MR) is 72.8 cm³/mol. The van der Waals surface area contributed by atoms with Crippen molar-refractivity contribution in [2.24, 2.45) is 23.7 Å². The van der Waals surface area contributed by atoms with Gasteiger partial charge in [0.2, 0.25) is 0 Å². The monoisotopic (exact) mass is 236 g/mol. The molecule has 0 aromatic rings. The molecule has 17 heavy (non-hydrogen) atoms. The largest absolute Gasteiger partial charge is 0.393 e. The number of allylic oxidation sites excluding steroid dienone is 1. The Morgan fingerprint density at radius 2 is 1.47 bits per heavy atom. The second-order valence-corrected chi connectivity index (χ2v) is 6.55. The molecule has 0 saturated heterocycles. The highest BCUT2D eigenvalue weighted by atomic mass is 16.3. The number of aliphatic hydroxyl groups excluding tert-OH is 1. The third-order valence-electron chi connectivity index (χ3n) is 4.82. The van der Waals surface area contributed by atoms with E-state index < -0.39 is 0 Å². The zero-order valence-corrected chi connectivity index (χ0v) is 11.4. The van der Waals surface area contributed by atoms with E-state index in [1.165, 1.54) is 38.5 Å². The fourth-order valence-corrected chi connectivity index (χ4v) is 3.38. The molecule has 2 aliphatic carbocycles. The van der Waals surface area contributed by atoms with E-state index >= 15 is 0 Å². The lowest BCUT2D eigenvalue weighted by Crippen LogP contribution is -2.27. The summed E-state index contributed by atoms with van der Waals surface area (Å²) in [6.07, 6.45) is 13.6. The first-order valence-corrected chi connectivity index (χ1v) is 7.51. The van der Waals surface area contributed by atoms with Crippen molar-refractivity contribution < 1.29 is 5.11 Å². The minimum atomic E-state index is -0.0856. The van der Waals surface area contributed by atoms with Gasteiger partial charge in [-0.2, -0.15) is 0 Å². The smallest absolute Gasteiger partial charge is 0.0605 e. The number of hydrogen-bond acceptors (Lipinski definition) is 1. The van der Waals surface area contributed by atoms with E-state index in [1.807, 2.05) is 0 Å². The van der Waals surface area contributed by atoms with Gasteiger partial charge < -0.3 is 5.11 Å². The number of hydrogen-bond donors (Lipinski definition) is 1. The van der Waals surface area contributed by atoms with Crippen LogP contribution in [-0.4, -0.2) is 11.2 Å². The van der Waals surface area contributed by atoms with Gasteiger partial charge in [0, 0.05) is 5.92 Å². The summed E-state index contributed by atoms with van der Waals surface area (Å²) in [5.74, 6) is 2.87. The highest BCUT2D eigenvalue weighted by molar-refractivity contribution is 4.98. The Kier molecular flexibility index (Phi) is 4.67. The van der Waals surface area contributed by atoms with Crippen LogP contribution in [0.5, 0.6) is 0 Å². The molecule has 2 fully saturated rings. The standard InChI is InChI=1S/C16H28O/c1-12-3-6-14(7-4-12)8-10-15-9-5-13(2)11-16(15)17/h8,10,12-17H,3-7,9,11H2,1-2H3. The van der Waals surface area contributed by atoms with E-state index in [2.05, 4.69) is 26.0 Å². The molecule has 2 aliphatic rings. The van der Waals surface area contributed by atoms with Crippen molar-refractivity contribution in [1.82, 2.24) is 0 Å². The minimum Gasteiger partial charge on any atom is -0.393 e. The van der Waals surface area contributed by atoms with Gasteiger partial charge in [-0.25, -0.2) is 0 Å². The molecule has 3 unspecified atom stereocenters. The van der Waals surface area contributed by atoms with Gasteiger partial charge in [-0.15, -0.1) is 0 Å². The summed E-state index contributed by atoms with van der Waals surface area (Å²) < 4.78 is 0. The predicted octanol–water partition coefficient (Wildman–Crippen LogP) is 4.17. The van der Waals surface area contributed by atoms with Gasteiger partial charge in [0.15, 0.2) is 0 Å². The van der Waals surface area contributed by atoms with Crippen molar-refractivity contribution in [2.45, 2.75) is 64.9 Å². The summed E-state index contributed by atoms with van der Waals surface area (Å²) in [7, 11) is 0. The van der Waals surface area contributed by atoms with Gasteiger partial charge >= 0.3 is 0 Å². The van der Waals surface area contributed by atoms with Crippen LogP contribution in [0.3, 0.4) is 0 Å². The molecule has 0 bridgehead atoms. The molecule has 2 saturated carbocycles. The maximum atomic E-state index is 10.1. The summed E-state index contributed by atoms with van der Waals surface area (Å²) >= 11 is 0. The van der Waals surface area contributed by atoms with Crippen LogP contribution in [0.4, 0.5) is 0 Å². The molecular formula is C16H28O. The summed E-state index contributed by atoms with van der Waals surface area (Å²) in [6.45, 7) is 4.62. The third kappa shape index (κ3) is 3.84. The van der Waals surface area contributed by atoms with Crippen LogP contribution in [0, 0.1) is 23.7 Å². The molecule has 0 amide bonds. The summed E-state index contributed by atoms with van der Waals surface area (Å²) in [5.41, 5.74) is 0. The van der Waals surface area contributed by atoms with Crippen LogP contribution in [0.25, 0.3) is 0 Å². The first-order chi connectivity index (χ1) is 8.15. The second-order valence-electron chi connectivity index (χ2n) is 6.55. The topological polar surface area (TPSA) is 20.2 Å². The zero-order valence-electron chi connectivity index (χ0n) is 11.4. The maximum absolute atomic E-state index is 10.1. The average Bonchev–Trinajstić information content (AvgIpc) is 2.30. The molecule has 1 N–H and O–H groups in total. The Labute approximate surface area is 106 Å². The van der Waals surface area contributed by atoms with Crippen LogP contribution < -0.4 is 0 Å². The van der Waals surface area contributed by atoms with Crippen LogP contribution in [0.15, 0.2) is 12.2 Å². The van der Waals surface area contributed by atoms with Crippen molar-refractivity contribution in [3.8, 4) is 0 Å². The zero-order chi connectivity index (χ0) is 12.3. The Hall–Kier alpha value is -0.300. The van der Waals surface area contributed by atoms with Crippen LogP contribution in [0.1, 0.15) is 58.8 Å². The molecule has 1 nitrogen and oxygen atoms in total. The molecule has 0 heterocycles. The van der Waals surface area contributed by atoms with Gasteiger partial charge in [-0.3, -0.25) is 0 Å². The molecule has 0 radical (unpaired) electrons. The van der Waals surface area contributed by atoms with Crippen LogP contribution >= 0.6 is 0 Å². The van der Waals surface area contributed by atoms with Crippen molar-refractivity contribution in [1.29, 1.82) is 0 Å². The first kappa shape index (κ1) is 13.1. The lowest BCUT2D eigenvalue weighted by Gasteiger charge is -2.30. The lowest BCUT2D eigenvalue weighted by molar-refractivity contribution is 0.0701. The maximum Gasteiger partial charge on any atom is 0.0605 e.